The van der Waals surface area contributed by atoms with Gasteiger partial charge in [-0.2, -0.15) is 0 Å². The summed E-state index contributed by atoms with van der Waals surface area (Å²) in [6.45, 7) is 6.44. The predicted molar refractivity (Wildman–Crippen MR) is 62.8 cm³/mol. The van der Waals surface area contributed by atoms with Crippen LogP contribution < -0.4 is 0 Å². The van der Waals surface area contributed by atoms with Crippen LogP contribution in [0.1, 0.15) is 33.6 Å². The minimum absolute atomic E-state index is 0.197. The van der Waals surface area contributed by atoms with Crippen LogP contribution in [0.4, 0.5) is 0 Å². The summed E-state index contributed by atoms with van der Waals surface area (Å²) in [6.07, 6.45) is 3.90. The lowest BCUT2D eigenvalue weighted by molar-refractivity contribution is -0.139. The first-order valence-corrected chi connectivity index (χ1v) is 5.51. The Hall–Kier alpha value is -0.830. The molecule has 0 rings (SSSR count). The quantitative estimate of drug-likeness (QED) is 0.385. The maximum atomic E-state index is 11.5. The van der Waals surface area contributed by atoms with Gasteiger partial charge in [0.1, 0.15) is 0 Å². The molecule has 1 atom stereocenters. The average Bonchev–Trinajstić information content (AvgIpc) is 2.17. The lowest BCUT2D eigenvalue weighted by Gasteiger charge is -2.16. The Morgan fingerprint density at radius 2 is 2.07 bits per heavy atom. The van der Waals surface area contributed by atoms with E-state index in [-0.39, 0.29) is 12.0 Å². The number of nitrogens with zero attached hydrogens (tertiary/aromatic N) is 1. The Bertz CT molecular complexity index is 222. The molecule has 0 fully saturated rings. The van der Waals surface area contributed by atoms with Crippen LogP contribution in [0.25, 0.3) is 0 Å². The molecule has 0 aromatic heterocycles. The van der Waals surface area contributed by atoms with Gasteiger partial charge in [-0.05, 0) is 34.4 Å². The van der Waals surface area contributed by atoms with E-state index in [1.54, 1.807) is 6.92 Å². The first kappa shape index (κ1) is 14.2. The second-order valence-electron chi connectivity index (χ2n) is 4.04. The molecule has 0 saturated carbocycles. The van der Waals surface area contributed by atoms with E-state index >= 15 is 0 Å². The largest absolute Gasteiger partial charge is 0.462 e. The molecular weight excluding hydrogens is 190 g/mol. The molecule has 15 heavy (non-hydrogen) atoms. The zero-order valence-corrected chi connectivity index (χ0v) is 10.5. The van der Waals surface area contributed by atoms with Crippen molar-refractivity contribution in [2.24, 2.45) is 0 Å². The normalized spacial score (nSPS) is 14.1. The molecule has 0 aromatic carbocycles. The minimum Gasteiger partial charge on any atom is -0.462 e. The fraction of sp³-hybridized carbons (Fsp3) is 0.750. The molecule has 0 heterocycles. The monoisotopic (exact) mass is 213 g/mol. The number of likely N-dealkylation sites (N-methyl/N-ethyl adjacent to an activating group) is 1. The number of hydrogen-bond acceptors (Lipinski definition) is 3. The standard InChI is InChI=1S/C12H23NO2/c1-6-7-8-15-12(14)10(2)9-11(3)13(4)5/h9,11H,6-8H2,1-5H3/b10-9+. The highest BCUT2D eigenvalue weighted by Gasteiger charge is 2.08. The van der Waals surface area contributed by atoms with Crippen LogP contribution in [0, 0.1) is 0 Å². The summed E-state index contributed by atoms with van der Waals surface area (Å²) in [5, 5.41) is 0. The van der Waals surface area contributed by atoms with E-state index in [1.165, 1.54) is 0 Å². The highest BCUT2D eigenvalue weighted by molar-refractivity contribution is 5.87. The second kappa shape index (κ2) is 7.46. The van der Waals surface area contributed by atoms with E-state index in [0.717, 1.165) is 12.8 Å². The molecule has 1 unspecified atom stereocenters. The van der Waals surface area contributed by atoms with Crippen LogP contribution in [0.2, 0.25) is 0 Å². The molecule has 3 heteroatoms. The van der Waals surface area contributed by atoms with E-state index in [0.29, 0.717) is 12.2 Å². The van der Waals surface area contributed by atoms with Crippen molar-refractivity contribution in [2.75, 3.05) is 20.7 Å². The molecule has 0 aliphatic carbocycles. The average molecular weight is 213 g/mol. The summed E-state index contributed by atoms with van der Waals surface area (Å²) >= 11 is 0. The van der Waals surface area contributed by atoms with E-state index in [9.17, 15) is 4.79 Å². The van der Waals surface area contributed by atoms with Gasteiger partial charge in [-0.25, -0.2) is 4.79 Å². The van der Waals surface area contributed by atoms with Crippen LogP contribution in [0.3, 0.4) is 0 Å². The third-order valence-corrected chi connectivity index (χ3v) is 2.36. The minimum atomic E-state index is -0.197. The molecule has 88 valence electrons. The lowest BCUT2D eigenvalue weighted by atomic mass is 10.2. The number of unbranched alkanes of at least 4 members (excludes halogenated alkanes) is 1. The molecule has 0 saturated heterocycles. The van der Waals surface area contributed by atoms with Crippen LogP contribution in [0.15, 0.2) is 11.6 Å². The maximum absolute atomic E-state index is 11.5. The smallest absolute Gasteiger partial charge is 0.333 e. The number of ether oxygens (including phenoxy) is 1. The zero-order chi connectivity index (χ0) is 11.8. The van der Waals surface area contributed by atoms with Crippen molar-refractivity contribution in [3.63, 3.8) is 0 Å². The molecule has 0 aliphatic heterocycles. The second-order valence-corrected chi connectivity index (χ2v) is 4.04. The molecule has 0 spiro atoms. The van der Waals surface area contributed by atoms with Gasteiger partial charge in [0.05, 0.1) is 6.61 Å². The molecule has 0 bridgehead atoms. The molecule has 0 aromatic rings. The highest BCUT2D eigenvalue weighted by Crippen LogP contribution is 2.03. The first-order chi connectivity index (χ1) is 6.99. The number of rotatable bonds is 6. The van der Waals surface area contributed by atoms with Crippen molar-refractivity contribution < 1.29 is 9.53 Å². The van der Waals surface area contributed by atoms with Gasteiger partial charge >= 0.3 is 5.97 Å². The Labute approximate surface area is 93.1 Å². The van der Waals surface area contributed by atoms with E-state index < -0.39 is 0 Å². The van der Waals surface area contributed by atoms with Gasteiger partial charge in [-0.15, -0.1) is 0 Å². The predicted octanol–water partition coefficient (Wildman–Crippen LogP) is 2.23. The first-order valence-electron chi connectivity index (χ1n) is 5.51. The van der Waals surface area contributed by atoms with Crippen LogP contribution in [-0.2, 0) is 9.53 Å². The summed E-state index contributed by atoms with van der Waals surface area (Å²) < 4.78 is 5.10. The van der Waals surface area contributed by atoms with Crippen molar-refractivity contribution in [1.29, 1.82) is 0 Å². The van der Waals surface area contributed by atoms with Gasteiger partial charge in [-0.1, -0.05) is 19.4 Å². The van der Waals surface area contributed by atoms with Crippen molar-refractivity contribution in [3.05, 3.63) is 11.6 Å². The molecule has 0 aliphatic rings. The Morgan fingerprint density at radius 1 is 1.47 bits per heavy atom. The van der Waals surface area contributed by atoms with Crippen LogP contribution in [-0.4, -0.2) is 37.6 Å². The van der Waals surface area contributed by atoms with Crippen molar-refractivity contribution in [1.82, 2.24) is 4.90 Å². The van der Waals surface area contributed by atoms with Gasteiger partial charge in [0.25, 0.3) is 0 Å². The topological polar surface area (TPSA) is 29.5 Å². The van der Waals surface area contributed by atoms with E-state index in [4.69, 9.17) is 4.74 Å². The third kappa shape index (κ3) is 6.28. The van der Waals surface area contributed by atoms with Gasteiger partial charge in [-0.3, -0.25) is 0 Å². The van der Waals surface area contributed by atoms with Gasteiger partial charge in [0.2, 0.25) is 0 Å². The van der Waals surface area contributed by atoms with Crippen molar-refractivity contribution >= 4 is 5.97 Å². The van der Waals surface area contributed by atoms with E-state index in [2.05, 4.69) is 6.92 Å². The van der Waals surface area contributed by atoms with Gasteiger partial charge < -0.3 is 9.64 Å². The van der Waals surface area contributed by atoms with Crippen molar-refractivity contribution in [2.45, 2.75) is 39.7 Å². The molecular formula is C12H23NO2. The SMILES string of the molecule is CCCCOC(=O)/C(C)=C/C(C)N(C)C. The number of esters is 1. The molecule has 0 amide bonds. The molecule has 0 radical (unpaired) electrons. The third-order valence-electron chi connectivity index (χ3n) is 2.36. The summed E-state index contributed by atoms with van der Waals surface area (Å²) in [5.74, 6) is -0.197. The van der Waals surface area contributed by atoms with Crippen LogP contribution in [0.5, 0.6) is 0 Å². The van der Waals surface area contributed by atoms with E-state index in [1.807, 2.05) is 32.0 Å². The fourth-order valence-electron chi connectivity index (χ4n) is 1.00. The van der Waals surface area contributed by atoms with Crippen molar-refractivity contribution in [3.8, 4) is 0 Å². The highest BCUT2D eigenvalue weighted by atomic mass is 16.5. The number of carbonyl (C=O) groups is 1. The van der Waals surface area contributed by atoms with Gasteiger partial charge in [0.15, 0.2) is 0 Å². The Morgan fingerprint density at radius 3 is 2.53 bits per heavy atom. The lowest BCUT2D eigenvalue weighted by Crippen LogP contribution is -2.23. The summed E-state index contributed by atoms with van der Waals surface area (Å²) in [6, 6.07) is 0.253. The maximum Gasteiger partial charge on any atom is 0.333 e. The molecule has 0 N–H and O–H groups in total. The Kier molecular flexibility index (Phi) is 7.05. The number of hydrogen-bond donors (Lipinski definition) is 0. The number of carbonyl (C=O) groups excluding carboxylic acids is 1. The molecule has 3 nitrogen and oxygen atoms in total. The summed E-state index contributed by atoms with van der Waals surface area (Å²) in [7, 11) is 3.97. The van der Waals surface area contributed by atoms with Gasteiger partial charge in [0, 0.05) is 11.6 Å². The Balaban J connectivity index is 4.07. The van der Waals surface area contributed by atoms with Crippen LogP contribution >= 0.6 is 0 Å². The fourth-order valence-corrected chi connectivity index (χ4v) is 1.00. The zero-order valence-electron chi connectivity index (χ0n) is 10.5. The summed E-state index contributed by atoms with van der Waals surface area (Å²) in [4.78, 5) is 13.5. The summed E-state index contributed by atoms with van der Waals surface area (Å²) in [5.41, 5.74) is 0.687.